The number of aromatic amines is 1. The molecule has 0 saturated carbocycles. The van der Waals surface area contributed by atoms with Gasteiger partial charge < -0.3 is 25.5 Å². The molecule has 1 aromatic carbocycles. The number of rotatable bonds is 13. The molecule has 0 bridgehead atoms. The maximum absolute atomic E-state index is 9.84. The molecule has 0 amide bonds. The molecule has 188 valence electrons. The molecule has 0 fully saturated rings. The van der Waals surface area contributed by atoms with Crippen LogP contribution in [-0.4, -0.2) is 55.3 Å². The predicted octanol–water partition coefficient (Wildman–Crippen LogP) is 4.58. The Kier molecular flexibility index (Phi) is 8.96. The second-order valence-corrected chi connectivity index (χ2v) is 8.60. The molecular weight excluding hydrogens is 454 g/mol. The molecule has 9 nitrogen and oxygen atoms in total. The van der Waals surface area contributed by atoms with E-state index in [4.69, 9.17) is 4.74 Å². The van der Waals surface area contributed by atoms with Crippen LogP contribution in [-0.2, 0) is 0 Å². The van der Waals surface area contributed by atoms with E-state index in [1.54, 1.807) is 24.8 Å². The van der Waals surface area contributed by atoms with Crippen LogP contribution in [0, 0.1) is 0 Å². The monoisotopic (exact) mass is 487 g/mol. The molecule has 0 aliphatic rings. The van der Waals surface area contributed by atoms with Gasteiger partial charge in [0.1, 0.15) is 11.6 Å². The molecule has 4 aromatic rings. The van der Waals surface area contributed by atoms with Crippen LogP contribution in [0.4, 0.5) is 11.6 Å². The molecule has 3 heterocycles. The Hall–Kier alpha value is -3.82. The van der Waals surface area contributed by atoms with Gasteiger partial charge in [0, 0.05) is 41.9 Å². The van der Waals surface area contributed by atoms with E-state index < -0.39 is 0 Å². The predicted molar refractivity (Wildman–Crippen MR) is 141 cm³/mol. The zero-order valence-corrected chi connectivity index (χ0v) is 20.7. The maximum Gasteiger partial charge on any atom is 0.227 e. The molecule has 9 heteroatoms. The fourth-order valence-corrected chi connectivity index (χ4v) is 3.84. The molecule has 0 aliphatic heterocycles. The van der Waals surface area contributed by atoms with Crippen molar-refractivity contribution in [2.75, 3.05) is 18.5 Å². The average molecular weight is 488 g/mol. The van der Waals surface area contributed by atoms with E-state index in [0.29, 0.717) is 12.6 Å². The van der Waals surface area contributed by atoms with Crippen LogP contribution in [0.2, 0.25) is 0 Å². The second kappa shape index (κ2) is 12.8. The van der Waals surface area contributed by atoms with Gasteiger partial charge in [-0.25, -0.2) is 15.0 Å². The van der Waals surface area contributed by atoms with Crippen LogP contribution in [0.15, 0.2) is 67.3 Å². The Labute approximate surface area is 211 Å². The number of H-pyrrole nitrogens is 1. The summed E-state index contributed by atoms with van der Waals surface area (Å²) in [5.41, 5.74) is 3.27. The first-order valence-electron chi connectivity index (χ1n) is 12.3. The molecule has 0 radical (unpaired) electrons. The Balaban J connectivity index is 1.32. The third-order valence-electron chi connectivity index (χ3n) is 5.71. The van der Waals surface area contributed by atoms with Crippen molar-refractivity contribution < 1.29 is 9.84 Å². The summed E-state index contributed by atoms with van der Waals surface area (Å²) in [4.78, 5) is 20.9. The Morgan fingerprint density at radius 3 is 2.81 bits per heavy atom. The smallest absolute Gasteiger partial charge is 0.227 e. The highest BCUT2D eigenvalue weighted by Gasteiger charge is 2.12. The van der Waals surface area contributed by atoms with E-state index in [1.165, 1.54) is 0 Å². The number of aliphatic hydroxyl groups is 1. The van der Waals surface area contributed by atoms with Crippen LogP contribution in [0.3, 0.4) is 0 Å². The van der Waals surface area contributed by atoms with Crippen molar-refractivity contribution in [3.8, 4) is 28.5 Å². The quantitative estimate of drug-likeness (QED) is 0.202. The number of nitrogens with zero attached hydrogens (tertiary/aromatic N) is 4. The van der Waals surface area contributed by atoms with Gasteiger partial charge in [0.25, 0.3) is 0 Å². The minimum Gasteiger partial charge on any atom is -0.493 e. The number of ether oxygens (including phenoxy) is 1. The normalized spacial score (nSPS) is 12.8. The van der Waals surface area contributed by atoms with Crippen molar-refractivity contribution >= 4 is 11.6 Å². The topological polar surface area (TPSA) is 121 Å². The van der Waals surface area contributed by atoms with Gasteiger partial charge in [-0.05, 0) is 56.6 Å². The third-order valence-corrected chi connectivity index (χ3v) is 5.71. The van der Waals surface area contributed by atoms with Crippen molar-refractivity contribution in [2.24, 2.45) is 0 Å². The molecule has 2 atom stereocenters. The summed E-state index contributed by atoms with van der Waals surface area (Å²) in [5, 5.41) is 16.5. The van der Waals surface area contributed by atoms with Crippen molar-refractivity contribution in [2.45, 2.75) is 45.3 Å². The summed E-state index contributed by atoms with van der Waals surface area (Å²) in [5.74, 6) is 1.98. The highest BCUT2D eigenvalue weighted by molar-refractivity contribution is 5.63. The molecule has 4 N–H and O–H groups in total. The van der Waals surface area contributed by atoms with Crippen LogP contribution in [0.5, 0.6) is 5.75 Å². The van der Waals surface area contributed by atoms with Gasteiger partial charge in [-0.3, -0.25) is 4.98 Å². The summed E-state index contributed by atoms with van der Waals surface area (Å²) in [6, 6.07) is 13.5. The second-order valence-electron chi connectivity index (χ2n) is 8.60. The maximum atomic E-state index is 9.84. The van der Waals surface area contributed by atoms with Gasteiger partial charge in [0.05, 0.1) is 30.3 Å². The fourth-order valence-electron chi connectivity index (χ4n) is 3.84. The zero-order valence-electron chi connectivity index (χ0n) is 20.7. The SMILES string of the molecule is CCCC(NCCCOc1cccc(Nc2nccc(-c3cnc(-c4cccnc4)[nH]3)n2)c1)C(C)O. The number of anilines is 2. The standard InChI is InChI=1S/C27H33N7O2/c1-3-7-23(19(2)35)29-13-6-15-36-22-10-4-9-21(16-22)32-27-30-14-11-24(34-27)25-18-31-26(33-25)20-8-5-12-28-17-20/h4-5,8-12,14,16-19,23,29,35H,3,6-7,13,15H2,1-2H3,(H,31,33)(H,30,32,34). The van der Waals surface area contributed by atoms with Crippen molar-refractivity contribution in [3.63, 3.8) is 0 Å². The highest BCUT2D eigenvalue weighted by Crippen LogP contribution is 2.23. The lowest BCUT2D eigenvalue weighted by Gasteiger charge is -2.20. The summed E-state index contributed by atoms with van der Waals surface area (Å²) < 4.78 is 5.92. The molecule has 4 rings (SSSR count). The molecule has 2 unspecified atom stereocenters. The lowest BCUT2D eigenvalue weighted by molar-refractivity contribution is 0.138. The van der Waals surface area contributed by atoms with Gasteiger partial charge in [-0.1, -0.05) is 19.4 Å². The van der Waals surface area contributed by atoms with Crippen LogP contribution >= 0.6 is 0 Å². The first-order valence-corrected chi connectivity index (χ1v) is 12.3. The van der Waals surface area contributed by atoms with E-state index in [-0.39, 0.29) is 12.1 Å². The average Bonchev–Trinajstić information content (AvgIpc) is 3.39. The molecule has 0 saturated heterocycles. The number of aromatic nitrogens is 5. The van der Waals surface area contributed by atoms with Crippen LogP contribution < -0.4 is 15.4 Å². The van der Waals surface area contributed by atoms with E-state index >= 15 is 0 Å². The number of aliphatic hydroxyl groups excluding tert-OH is 1. The molecule has 3 aromatic heterocycles. The fraction of sp³-hybridized carbons (Fsp3) is 0.333. The molecular formula is C27H33N7O2. The number of benzene rings is 1. The number of hydrogen-bond acceptors (Lipinski definition) is 8. The summed E-state index contributed by atoms with van der Waals surface area (Å²) in [6.45, 7) is 5.33. The van der Waals surface area contributed by atoms with Gasteiger partial charge >= 0.3 is 0 Å². The molecule has 36 heavy (non-hydrogen) atoms. The Bertz CT molecular complexity index is 1210. The van der Waals surface area contributed by atoms with Gasteiger partial charge in [-0.15, -0.1) is 0 Å². The summed E-state index contributed by atoms with van der Waals surface area (Å²) in [6.07, 6.45) is 9.45. The molecule has 0 aliphatic carbocycles. The van der Waals surface area contributed by atoms with E-state index in [0.717, 1.165) is 60.0 Å². The minimum absolute atomic E-state index is 0.127. The van der Waals surface area contributed by atoms with E-state index in [1.807, 2.05) is 49.4 Å². The van der Waals surface area contributed by atoms with E-state index in [2.05, 4.69) is 42.5 Å². The van der Waals surface area contributed by atoms with Gasteiger partial charge in [-0.2, -0.15) is 0 Å². The summed E-state index contributed by atoms with van der Waals surface area (Å²) >= 11 is 0. The Morgan fingerprint density at radius 2 is 2.00 bits per heavy atom. The number of pyridine rings is 1. The molecule has 0 spiro atoms. The van der Waals surface area contributed by atoms with Crippen LogP contribution in [0.1, 0.15) is 33.1 Å². The van der Waals surface area contributed by atoms with Gasteiger partial charge in [0.15, 0.2) is 0 Å². The first-order chi connectivity index (χ1) is 17.6. The minimum atomic E-state index is -0.356. The third kappa shape index (κ3) is 7.10. The van der Waals surface area contributed by atoms with Crippen molar-refractivity contribution in [1.29, 1.82) is 0 Å². The Morgan fingerprint density at radius 1 is 1.08 bits per heavy atom. The summed E-state index contributed by atoms with van der Waals surface area (Å²) in [7, 11) is 0. The number of hydrogen-bond donors (Lipinski definition) is 4. The largest absolute Gasteiger partial charge is 0.493 e. The van der Waals surface area contributed by atoms with E-state index in [9.17, 15) is 5.11 Å². The highest BCUT2D eigenvalue weighted by atomic mass is 16.5. The van der Waals surface area contributed by atoms with Crippen LogP contribution in [0.25, 0.3) is 22.8 Å². The number of nitrogens with one attached hydrogen (secondary N) is 3. The van der Waals surface area contributed by atoms with Crippen molar-refractivity contribution in [1.82, 2.24) is 30.2 Å². The lowest BCUT2D eigenvalue weighted by atomic mass is 10.1. The first kappa shape index (κ1) is 25.3. The van der Waals surface area contributed by atoms with Crippen molar-refractivity contribution in [3.05, 3.63) is 67.3 Å². The zero-order chi connectivity index (χ0) is 25.2. The number of imidazole rings is 1. The lowest BCUT2D eigenvalue weighted by Crippen LogP contribution is -2.39. The van der Waals surface area contributed by atoms with Gasteiger partial charge in [0.2, 0.25) is 5.95 Å².